The Morgan fingerprint density at radius 3 is 2.45 bits per heavy atom. The van der Waals surface area contributed by atoms with Crippen molar-refractivity contribution in [3.8, 4) is 0 Å². The summed E-state index contributed by atoms with van der Waals surface area (Å²) in [4.78, 5) is 2.32. The maximum absolute atomic E-state index is 6.03. The lowest BCUT2D eigenvalue weighted by Crippen LogP contribution is -2.33. The van der Waals surface area contributed by atoms with Crippen molar-refractivity contribution >= 4 is 5.69 Å². The van der Waals surface area contributed by atoms with Gasteiger partial charge in [0.15, 0.2) is 0 Å². The molecule has 1 heterocycles. The van der Waals surface area contributed by atoms with Gasteiger partial charge in [0.25, 0.3) is 0 Å². The van der Waals surface area contributed by atoms with Crippen LogP contribution in [0.3, 0.4) is 0 Å². The smallest absolute Gasteiger partial charge is 0.0695 e. The van der Waals surface area contributed by atoms with Crippen LogP contribution in [0.5, 0.6) is 0 Å². The van der Waals surface area contributed by atoms with Gasteiger partial charge < -0.3 is 10.6 Å². The number of rotatable bonds is 6. The molecule has 0 aliphatic rings. The van der Waals surface area contributed by atoms with Crippen LogP contribution in [0.1, 0.15) is 38.4 Å². The molecule has 0 fully saturated rings. The number of anilines is 1. The van der Waals surface area contributed by atoms with E-state index in [0.29, 0.717) is 12.6 Å². The van der Waals surface area contributed by atoms with Gasteiger partial charge in [-0.2, -0.15) is 5.10 Å². The molecule has 2 N–H and O–H groups in total. The lowest BCUT2D eigenvalue weighted by Gasteiger charge is -2.31. The first kappa shape index (κ1) is 14.6. The maximum atomic E-state index is 6.03. The summed E-state index contributed by atoms with van der Waals surface area (Å²) in [5.74, 6) is 0. The van der Waals surface area contributed by atoms with Crippen molar-refractivity contribution in [1.82, 2.24) is 9.78 Å². The van der Waals surface area contributed by atoms with Gasteiger partial charge in [0, 0.05) is 36.6 Å². The Bertz CT molecular complexity index is 518. The van der Waals surface area contributed by atoms with E-state index in [9.17, 15) is 0 Å². The van der Waals surface area contributed by atoms with Gasteiger partial charge >= 0.3 is 0 Å². The molecule has 1 aromatic carbocycles. The summed E-state index contributed by atoms with van der Waals surface area (Å²) in [6.45, 7) is 7.90. The van der Waals surface area contributed by atoms with Crippen LogP contribution in [0.4, 0.5) is 5.69 Å². The molecule has 4 heteroatoms. The molecule has 108 valence electrons. The van der Waals surface area contributed by atoms with Gasteiger partial charge in [-0.1, -0.05) is 18.2 Å². The fourth-order valence-corrected chi connectivity index (χ4v) is 2.45. The number of nitrogens with two attached hydrogens (primary N) is 1. The molecule has 0 bridgehead atoms. The van der Waals surface area contributed by atoms with Crippen molar-refractivity contribution < 1.29 is 0 Å². The monoisotopic (exact) mass is 272 g/mol. The molecule has 20 heavy (non-hydrogen) atoms. The van der Waals surface area contributed by atoms with Crippen LogP contribution in [-0.4, -0.2) is 22.9 Å². The standard InChI is InChI=1S/C16H24N4/c1-4-19(15-8-6-5-7-9-15)16(10-17)14-11-18-20(12-14)13(2)3/h5-9,11-13,16H,4,10,17H2,1-3H3. The number of benzene rings is 1. The van der Waals surface area contributed by atoms with Gasteiger partial charge in [-0.05, 0) is 32.9 Å². The van der Waals surface area contributed by atoms with E-state index < -0.39 is 0 Å². The molecule has 1 unspecified atom stereocenters. The number of aromatic nitrogens is 2. The third-order valence-electron chi connectivity index (χ3n) is 3.56. The van der Waals surface area contributed by atoms with Crippen LogP contribution < -0.4 is 10.6 Å². The highest BCUT2D eigenvalue weighted by Crippen LogP contribution is 2.26. The molecule has 1 aromatic heterocycles. The molecule has 0 aliphatic carbocycles. The fraction of sp³-hybridized carbons (Fsp3) is 0.438. The van der Waals surface area contributed by atoms with Crippen LogP contribution in [-0.2, 0) is 0 Å². The van der Waals surface area contributed by atoms with E-state index in [1.165, 1.54) is 11.3 Å². The number of hydrogen-bond donors (Lipinski definition) is 1. The fourth-order valence-electron chi connectivity index (χ4n) is 2.45. The maximum Gasteiger partial charge on any atom is 0.0695 e. The first-order chi connectivity index (χ1) is 9.67. The summed E-state index contributed by atoms with van der Waals surface area (Å²) in [5, 5.41) is 4.43. The molecule has 0 spiro atoms. The first-order valence-corrected chi connectivity index (χ1v) is 7.23. The number of likely N-dealkylation sites (N-methyl/N-ethyl adjacent to an activating group) is 1. The average molecular weight is 272 g/mol. The number of hydrogen-bond acceptors (Lipinski definition) is 3. The minimum absolute atomic E-state index is 0.162. The highest BCUT2D eigenvalue weighted by atomic mass is 15.3. The molecule has 0 saturated heterocycles. The lowest BCUT2D eigenvalue weighted by atomic mass is 10.1. The van der Waals surface area contributed by atoms with Crippen molar-refractivity contribution in [3.05, 3.63) is 48.3 Å². The summed E-state index contributed by atoms with van der Waals surface area (Å²) < 4.78 is 1.98. The lowest BCUT2D eigenvalue weighted by molar-refractivity contribution is 0.531. The average Bonchev–Trinajstić information content (AvgIpc) is 2.95. The quantitative estimate of drug-likeness (QED) is 0.879. The minimum atomic E-state index is 0.162. The molecule has 1 atom stereocenters. The predicted octanol–water partition coefficient (Wildman–Crippen LogP) is 2.99. The van der Waals surface area contributed by atoms with Gasteiger partial charge in [-0.3, -0.25) is 4.68 Å². The van der Waals surface area contributed by atoms with E-state index in [0.717, 1.165) is 6.54 Å². The highest BCUT2D eigenvalue weighted by molar-refractivity contribution is 5.48. The summed E-state index contributed by atoms with van der Waals surface area (Å²) in [7, 11) is 0. The third-order valence-corrected chi connectivity index (χ3v) is 3.56. The van der Waals surface area contributed by atoms with E-state index in [1.54, 1.807) is 0 Å². The molecule has 0 radical (unpaired) electrons. The number of nitrogens with zero attached hydrogens (tertiary/aromatic N) is 3. The van der Waals surface area contributed by atoms with Crippen molar-refractivity contribution in [3.63, 3.8) is 0 Å². The van der Waals surface area contributed by atoms with Crippen LogP contribution in [0, 0.1) is 0 Å². The van der Waals surface area contributed by atoms with Crippen molar-refractivity contribution in [2.24, 2.45) is 5.73 Å². The third kappa shape index (κ3) is 3.02. The zero-order valence-corrected chi connectivity index (χ0v) is 12.5. The van der Waals surface area contributed by atoms with Gasteiger partial charge in [0.2, 0.25) is 0 Å². The van der Waals surface area contributed by atoms with Crippen molar-refractivity contribution in [2.75, 3.05) is 18.0 Å². The Kier molecular flexibility index (Phi) is 4.79. The highest BCUT2D eigenvalue weighted by Gasteiger charge is 2.20. The summed E-state index contributed by atoms with van der Waals surface area (Å²) in [6.07, 6.45) is 4.04. The van der Waals surface area contributed by atoms with E-state index in [4.69, 9.17) is 5.73 Å². The van der Waals surface area contributed by atoms with Crippen molar-refractivity contribution in [2.45, 2.75) is 32.9 Å². The zero-order valence-electron chi connectivity index (χ0n) is 12.5. The van der Waals surface area contributed by atoms with E-state index in [-0.39, 0.29) is 6.04 Å². The second kappa shape index (κ2) is 6.57. The normalized spacial score (nSPS) is 12.7. The van der Waals surface area contributed by atoms with Crippen LogP contribution in [0.25, 0.3) is 0 Å². The van der Waals surface area contributed by atoms with E-state index in [1.807, 2.05) is 16.9 Å². The van der Waals surface area contributed by atoms with Gasteiger partial charge in [0.05, 0.1) is 12.2 Å². The van der Waals surface area contributed by atoms with Gasteiger partial charge in [-0.25, -0.2) is 0 Å². The molecule has 0 aliphatic heterocycles. The zero-order chi connectivity index (χ0) is 14.5. The Hall–Kier alpha value is -1.81. The largest absolute Gasteiger partial charge is 0.363 e. The molecule has 0 saturated carbocycles. The number of para-hydroxylation sites is 1. The Morgan fingerprint density at radius 2 is 1.95 bits per heavy atom. The van der Waals surface area contributed by atoms with Gasteiger partial charge in [-0.15, -0.1) is 0 Å². The summed E-state index contributed by atoms with van der Waals surface area (Å²) in [5.41, 5.74) is 8.40. The first-order valence-electron chi connectivity index (χ1n) is 7.23. The van der Waals surface area contributed by atoms with Gasteiger partial charge in [0.1, 0.15) is 0 Å². The molecular formula is C16H24N4. The van der Waals surface area contributed by atoms with Crippen molar-refractivity contribution in [1.29, 1.82) is 0 Å². The van der Waals surface area contributed by atoms with Crippen LogP contribution in [0.15, 0.2) is 42.7 Å². The Labute approximate surface area is 121 Å². The summed E-state index contributed by atoms with van der Waals surface area (Å²) >= 11 is 0. The Morgan fingerprint density at radius 1 is 1.25 bits per heavy atom. The Balaban J connectivity index is 2.29. The van der Waals surface area contributed by atoms with Crippen LogP contribution >= 0.6 is 0 Å². The molecule has 2 rings (SSSR count). The van der Waals surface area contributed by atoms with E-state index in [2.05, 4.69) is 61.2 Å². The molecule has 4 nitrogen and oxygen atoms in total. The second-order valence-corrected chi connectivity index (χ2v) is 5.22. The summed E-state index contributed by atoms with van der Waals surface area (Å²) in [6, 6.07) is 10.9. The topological polar surface area (TPSA) is 47.1 Å². The minimum Gasteiger partial charge on any atom is -0.363 e. The second-order valence-electron chi connectivity index (χ2n) is 5.22. The van der Waals surface area contributed by atoms with E-state index >= 15 is 0 Å². The molecular weight excluding hydrogens is 248 g/mol. The predicted molar refractivity (Wildman–Crippen MR) is 83.9 cm³/mol. The van der Waals surface area contributed by atoms with Crippen LogP contribution in [0.2, 0.25) is 0 Å². The molecule has 2 aromatic rings. The molecule has 0 amide bonds. The SMILES string of the molecule is CCN(c1ccccc1)C(CN)c1cnn(C(C)C)c1.